The van der Waals surface area contributed by atoms with E-state index in [-0.39, 0.29) is 0 Å². The van der Waals surface area contributed by atoms with Crippen molar-refractivity contribution in [1.29, 1.82) is 0 Å². The molecule has 0 aliphatic carbocycles. The van der Waals surface area contributed by atoms with E-state index >= 15 is 0 Å². The summed E-state index contributed by atoms with van der Waals surface area (Å²) in [4.78, 5) is 10.6. The smallest absolute Gasteiger partial charge is 0.298 e. The van der Waals surface area contributed by atoms with Gasteiger partial charge in [0.1, 0.15) is 18.1 Å². The molecule has 0 heterocycles. The van der Waals surface area contributed by atoms with Gasteiger partial charge >= 0.3 is 0 Å². The molecule has 1 unspecified atom stereocenters. The molecule has 0 bridgehead atoms. The molecule has 0 fully saturated rings. The van der Waals surface area contributed by atoms with Gasteiger partial charge in [-0.15, -0.1) is 0 Å². The largest absolute Gasteiger partial charge is 0.489 e. The standard InChI is InChI=1S/C24H34O5/c1-6-20-11-12-21(16-22(20)29-17-25)28-15-14-19(3)9-7-8-18(2)10-13-23(26)24(4,5)27/h6,8,11-12,14,16-17,23,26-27H,1,7,9-10,13,15H2,2-5H3/b18-8+,19-14+. The number of hydrogen-bond acceptors (Lipinski definition) is 5. The van der Waals surface area contributed by atoms with E-state index in [2.05, 4.69) is 19.6 Å². The molecule has 0 amide bonds. The molecule has 0 radical (unpaired) electrons. The van der Waals surface area contributed by atoms with Crippen molar-refractivity contribution >= 4 is 12.5 Å². The molecule has 5 nitrogen and oxygen atoms in total. The van der Waals surface area contributed by atoms with Crippen molar-refractivity contribution in [3.8, 4) is 11.5 Å². The summed E-state index contributed by atoms with van der Waals surface area (Å²) in [6.07, 6.45) is 8.25. The summed E-state index contributed by atoms with van der Waals surface area (Å²) < 4.78 is 10.7. The highest BCUT2D eigenvalue weighted by Crippen LogP contribution is 2.25. The summed E-state index contributed by atoms with van der Waals surface area (Å²) in [5.74, 6) is 1.04. The Balaban J connectivity index is 2.43. The van der Waals surface area contributed by atoms with Crippen LogP contribution in [-0.4, -0.2) is 35.0 Å². The molecule has 1 aromatic carbocycles. The first-order chi connectivity index (χ1) is 13.7. The lowest BCUT2D eigenvalue weighted by atomic mass is 9.95. The van der Waals surface area contributed by atoms with Gasteiger partial charge in [0.15, 0.2) is 0 Å². The molecule has 160 valence electrons. The maximum Gasteiger partial charge on any atom is 0.298 e. The Morgan fingerprint density at radius 3 is 2.52 bits per heavy atom. The number of carbonyl (C=O) groups is 1. The topological polar surface area (TPSA) is 76.0 Å². The van der Waals surface area contributed by atoms with E-state index in [4.69, 9.17) is 9.47 Å². The lowest BCUT2D eigenvalue weighted by Crippen LogP contribution is -2.35. The molecule has 0 aliphatic rings. The average molecular weight is 403 g/mol. The minimum Gasteiger partial charge on any atom is -0.489 e. The van der Waals surface area contributed by atoms with E-state index in [9.17, 15) is 15.0 Å². The van der Waals surface area contributed by atoms with Crippen molar-refractivity contribution in [3.63, 3.8) is 0 Å². The molecule has 1 atom stereocenters. The molecule has 0 saturated carbocycles. The van der Waals surface area contributed by atoms with E-state index < -0.39 is 11.7 Å². The molecule has 1 rings (SSSR count). The summed E-state index contributed by atoms with van der Waals surface area (Å²) in [6.45, 7) is 11.9. The zero-order valence-electron chi connectivity index (χ0n) is 18.0. The van der Waals surface area contributed by atoms with Crippen LogP contribution in [0.25, 0.3) is 6.08 Å². The third kappa shape index (κ3) is 9.59. The first-order valence-electron chi connectivity index (χ1n) is 9.88. The number of ether oxygens (including phenoxy) is 2. The van der Waals surface area contributed by atoms with E-state index in [1.165, 1.54) is 11.1 Å². The van der Waals surface area contributed by atoms with Crippen molar-refractivity contribution in [2.75, 3.05) is 6.61 Å². The van der Waals surface area contributed by atoms with Crippen LogP contribution in [0.1, 0.15) is 58.9 Å². The second kappa shape index (κ2) is 12.2. The minimum absolute atomic E-state index is 0.386. The van der Waals surface area contributed by atoms with Crippen molar-refractivity contribution in [2.24, 2.45) is 0 Å². The maximum atomic E-state index is 10.6. The van der Waals surface area contributed by atoms with Gasteiger partial charge in [-0.1, -0.05) is 29.9 Å². The van der Waals surface area contributed by atoms with Crippen molar-refractivity contribution in [1.82, 2.24) is 0 Å². The van der Waals surface area contributed by atoms with Crippen LogP contribution in [0.5, 0.6) is 11.5 Å². The second-order valence-corrected chi connectivity index (χ2v) is 7.78. The van der Waals surface area contributed by atoms with E-state index in [0.717, 1.165) is 24.8 Å². The third-order valence-corrected chi connectivity index (χ3v) is 4.72. The fourth-order valence-electron chi connectivity index (χ4n) is 2.68. The summed E-state index contributed by atoms with van der Waals surface area (Å²) in [5.41, 5.74) is 2.10. The fourth-order valence-corrected chi connectivity index (χ4v) is 2.68. The van der Waals surface area contributed by atoms with Crippen molar-refractivity contribution < 1.29 is 24.5 Å². The number of aliphatic hydroxyl groups is 2. The molecule has 0 aliphatic heterocycles. The number of benzene rings is 1. The summed E-state index contributed by atoms with van der Waals surface area (Å²) in [5, 5.41) is 19.7. The molecule has 0 saturated heterocycles. The van der Waals surface area contributed by atoms with Gasteiger partial charge < -0.3 is 19.7 Å². The molecule has 29 heavy (non-hydrogen) atoms. The monoisotopic (exact) mass is 402 g/mol. The number of allylic oxidation sites excluding steroid dienone is 3. The van der Waals surface area contributed by atoms with Gasteiger partial charge in [-0.05, 0) is 71.6 Å². The van der Waals surface area contributed by atoms with Crippen LogP contribution in [-0.2, 0) is 4.79 Å². The van der Waals surface area contributed by atoms with Gasteiger partial charge in [-0.2, -0.15) is 0 Å². The van der Waals surface area contributed by atoms with Crippen molar-refractivity contribution in [2.45, 2.75) is 65.1 Å². The van der Waals surface area contributed by atoms with Crippen LogP contribution < -0.4 is 9.47 Å². The highest BCUT2D eigenvalue weighted by atomic mass is 16.5. The van der Waals surface area contributed by atoms with Crippen LogP contribution in [0, 0.1) is 0 Å². The van der Waals surface area contributed by atoms with Crippen LogP contribution in [0.2, 0.25) is 0 Å². The molecular formula is C24H34O5. The highest BCUT2D eigenvalue weighted by molar-refractivity contribution is 5.61. The molecule has 0 spiro atoms. The Labute approximate surface area is 174 Å². The SMILES string of the molecule is C=Cc1ccc(OC/C=C(\C)CC/C=C(\C)CCC(O)C(C)(C)O)cc1OC=O. The first-order valence-corrected chi connectivity index (χ1v) is 9.88. The molecular weight excluding hydrogens is 368 g/mol. The maximum absolute atomic E-state index is 10.6. The Bertz CT molecular complexity index is 725. The van der Waals surface area contributed by atoms with Crippen LogP contribution in [0.15, 0.2) is 48.1 Å². The Morgan fingerprint density at radius 1 is 1.21 bits per heavy atom. The van der Waals surface area contributed by atoms with Crippen LogP contribution >= 0.6 is 0 Å². The third-order valence-electron chi connectivity index (χ3n) is 4.72. The molecule has 5 heteroatoms. The summed E-state index contributed by atoms with van der Waals surface area (Å²) >= 11 is 0. The van der Waals surface area contributed by atoms with Gasteiger partial charge in [-0.25, -0.2) is 0 Å². The highest BCUT2D eigenvalue weighted by Gasteiger charge is 2.23. The van der Waals surface area contributed by atoms with Gasteiger partial charge in [0.2, 0.25) is 0 Å². The predicted molar refractivity (Wildman–Crippen MR) is 117 cm³/mol. The quantitative estimate of drug-likeness (QED) is 0.365. The zero-order valence-corrected chi connectivity index (χ0v) is 18.0. The van der Waals surface area contributed by atoms with Crippen molar-refractivity contribution in [3.05, 3.63) is 53.6 Å². The molecule has 0 aromatic heterocycles. The van der Waals surface area contributed by atoms with Gasteiger partial charge in [0.05, 0.1) is 11.7 Å². The van der Waals surface area contributed by atoms with Crippen LogP contribution in [0.4, 0.5) is 0 Å². The Kier molecular flexibility index (Phi) is 10.4. The lowest BCUT2D eigenvalue weighted by molar-refractivity contribution is -0.120. The fraction of sp³-hybridized carbons (Fsp3) is 0.458. The molecule has 2 N–H and O–H groups in total. The average Bonchev–Trinajstić information content (AvgIpc) is 2.66. The van der Waals surface area contributed by atoms with E-state index in [1.54, 1.807) is 32.1 Å². The van der Waals surface area contributed by atoms with Gasteiger partial charge in [0, 0.05) is 11.6 Å². The minimum atomic E-state index is -1.06. The summed E-state index contributed by atoms with van der Waals surface area (Å²) in [7, 11) is 0. The van der Waals surface area contributed by atoms with E-state index in [0.29, 0.717) is 31.0 Å². The van der Waals surface area contributed by atoms with Gasteiger partial charge in [0.25, 0.3) is 6.47 Å². The number of rotatable bonds is 13. The number of carbonyl (C=O) groups excluding carboxylic acids is 1. The molecule has 1 aromatic rings. The second-order valence-electron chi connectivity index (χ2n) is 7.78. The van der Waals surface area contributed by atoms with E-state index in [1.807, 2.05) is 19.1 Å². The Hall–Kier alpha value is -2.37. The van der Waals surface area contributed by atoms with Gasteiger partial charge in [-0.3, -0.25) is 4.79 Å². The van der Waals surface area contributed by atoms with Crippen LogP contribution in [0.3, 0.4) is 0 Å². The first kappa shape index (κ1) is 24.7. The Morgan fingerprint density at radius 2 is 1.90 bits per heavy atom. The zero-order chi connectivity index (χ0) is 21.9. The predicted octanol–water partition coefficient (Wildman–Crippen LogP) is 4.83. The number of aliphatic hydroxyl groups excluding tert-OH is 1. The summed E-state index contributed by atoms with van der Waals surface area (Å²) in [6, 6.07) is 5.27. The lowest BCUT2D eigenvalue weighted by Gasteiger charge is -2.24. The number of hydrogen-bond donors (Lipinski definition) is 2. The normalized spacial score (nSPS) is 13.7.